The molecular formula is C48H44SiZr-4. The fourth-order valence-electron chi connectivity index (χ4n) is 6.54. The van der Waals surface area contributed by atoms with Crippen molar-refractivity contribution in [2.24, 2.45) is 0 Å². The Balaban J connectivity index is 0.000000206. The molecular weight excluding hydrogens is 696 g/mol. The van der Waals surface area contributed by atoms with E-state index in [0.29, 0.717) is 0 Å². The van der Waals surface area contributed by atoms with Crippen LogP contribution in [-0.4, -0.2) is 6.88 Å². The van der Waals surface area contributed by atoms with Crippen molar-refractivity contribution in [2.45, 2.75) is 26.7 Å². The van der Waals surface area contributed by atoms with E-state index in [1.54, 1.807) is 0 Å². The van der Waals surface area contributed by atoms with E-state index in [9.17, 15) is 0 Å². The predicted octanol–water partition coefficient (Wildman–Crippen LogP) is 12.8. The molecule has 8 aromatic carbocycles. The summed E-state index contributed by atoms with van der Waals surface area (Å²) in [5.74, 6) is 0. The Morgan fingerprint density at radius 1 is 0.420 bits per heavy atom. The van der Waals surface area contributed by atoms with E-state index in [1.165, 1.54) is 101 Å². The molecule has 0 amide bonds. The van der Waals surface area contributed by atoms with Crippen molar-refractivity contribution < 1.29 is 23.3 Å². The standard InChI is InChI=1S/2C23H19.2CH3.Si.Zr/c2*1-17-14-21-8-5-9-22(23(21)15-17)20-12-10-19(11-13-20)16-18-6-3-2-4-7-18;;;;/h2*2-15H,16H2,1H3;2*1H3;;/q4*-1;;. The first kappa shape index (κ1) is 38.4. The summed E-state index contributed by atoms with van der Waals surface area (Å²) in [5.41, 5.74) is 13.3. The maximum atomic E-state index is 3.06. The van der Waals surface area contributed by atoms with Gasteiger partial charge in [-0.15, -0.1) is 69.1 Å². The number of aryl methyl sites for hydroxylation is 2. The second-order valence-corrected chi connectivity index (χ2v) is 12.4. The number of rotatable bonds is 6. The van der Waals surface area contributed by atoms with Gasteiger partial charge in [0, 0.05) is 0 Å². The zero-order valence-corrected chi connectivity index (χ0v) is 33.0. The Hall–Kier alpha value is -4.36. The normalized spacial score (nSPS) is 10.2. The van der Waals surface area contributed by atoms with Crippen LogP contribution in [0.5, 0.6) is 0 Å². The van der Waals surface area contributed by atoms with Crippen LogP contribution in [0.15, 0.2) is 170 Å². The van der Waals surface area contributed by atoms with Crippen LogP contribution in [0.1, 0.15) is 33.4 Å². The van der Waals surface area contributed by atoms with Gasteiger partial charge in [0.05, 0.1) is 0 Å². The second-order valence-electron chi connectivity index (χ2n) is 12.4. The Labute approximate surface area is 316 Å². The first-order valence-corrected chi connectivity index (χ1v) is 20.6. The van der Waals surface area contributed by atoms with Crippen molar-refractivity contribution in [2.75, 3.05) is 0 Å². The zero-order chi connectivity index (χ0) is 33.3. The fourth-order valence-corrected chi connectivity index (χ4v) is 6.54. The summed E-state index contributed by atoms with van der Waals surface area (Å²) >= 11 is 1.36. The third-order valence-electron chi connectivity index (χ3n) is 8.82. The monoisotopic (exact) mass is 738 g/mol. The van der Waals surface area contributed by atoms with E-state index in [2.05, 4.69) is 191 Å². The molecule has 8 aromatic rings. The van der Waals surface area contributed by atoms with Crippen molar-refractivity contribution in [3.8, 4) is 22.3 Å². The maximum absolute atomic E-state index is 3.06. The molecule has 0 nitrogen and oxygen atoms in total. The Morgan fingerprint density at radius 2 is 0.760 bits per heavy atom. The van der Waals surface area contributed by atoms with Gasteiger partial charge in [0.1, 0.15) is 0 Å². The summed E-state index contributed by atoms with van der Waals surface area (Å²) in [6, 6.07) is 61.4. The molecule has 248 valence electrons. The number of benzene rings is 6. The molecule has 0 spiro atoms. The van der Waals surface area contributed by atoms with Crippen molar-refractivity contribution >= 4 is 28.4 Å². The average Bonchev–Trinajstić information content (AvgIpc) is 3.72. The molecule has 0 unspecified atom stereocenters. The Bertz CT molecular complexity index is 2040. The molecule has 0 aromatic heterocycles. The summed E-state index contributed by atoms with van der Waals surface area (Å²) in [5, 5.41) is 5.35. The van der Waals surface area contributed by atoms with Gasteiger partial charge in [0.2, 0.25) is 0 Å². The predicted molar refractivity (Wildman–Crippen MR) is 217 cm³/mol. The van der Waals surface area contributed by atoms with E-state index in [-0.39, 0.29) is 14.9 Å². The summed E-state index contributed by atoms with van der Waals surface area (Å²) in [4.78, 5) is 0. The first-order valence-electron chi connectivity index (χ1n) is 16.4. The van der Waals surface area contributed by atoms with Gasteiger partial charge in [-0.2, -0.15) is 12.1 Å². The number of fused-ring (bicyclic) bond motifs is 2. The summed E-state index contributed by atoms with van der Waals surface area (Å²) in [6.07, 6.45) is 1.97. The second kappa shape index (κ2) is 18.6. The van der Waals surface area contributed by atoms with Crippen LogP contribution in [0.25, 0.3) is 43.8 Å². The van der Waals surface area contributed by atoms with E-state index >= 15 is 0 Å². The van der Waals surface area contributed by atoms with Crippen molar-refractivity contribution in [3.63, 3.8) is 0 Å². The average molecular weight is 740 g/mol. The SMILES string of the molecule is Cc1cc2c(-c3ccc(Cc4ccccc4)cc3)cccc2[cH-]1.Cc1cc2c(-c3ccc(Cc4ccccc4)cc3)cccc2[cH-]1.[CH3-].[CH3-].[Si]=[Zr]. The number of hydrogen-bond donors (Lipinski definition) is 0. The van der Waals surface area contributed by atoms with Crippen LogP contribution >= 0.6 is 0 Å². The van der Waals surface area contributed by atoms with E-state index in [0.717, 1.165) is 12.8 Å². The van der Waals surface area contributed by atoms with Gasteiger partial charge in [-0.25, -0.2) is 0 Å². The molecule has 0 fully saturated rings. The quantitative estimate of drug-likeness (QED) is 0.118. The van der Waals surface area contributed by atoms with E-state index in [4.69, 9.17) is 0 Å². The van der Waals surface area contributed by atoms with Crippen LogP contribution in [0.3, 0.4) is 0 Å². The molecule has 0 aliphatic rings. The molecule has 2 heteroatoms. The van der Waals surface area contributed by atoms with E-state index < -0.39 is 0 Å². The molecule has 50 heavy (non-hydrogen) atoms. The van der Waals surface area contributed by atoms with Gasteiger partial charge < -0.3 is 14.9 Å². The third-order valence-corrected chi connectivity index (χ3v) is 8.82. The molecule has 0 saturated carbocycles. The van der Waals surface area contributed by atoms with Gasteiger partial charge in [-0.3, -0.25) is 0 Å². The van der Waals surface area contributed by atoms with Gasteiger partial charge in [-0.05, 0) is 46.2 Å². The van der Waals surface area contributed by atoms with Crippen LogP contribution in [0.2, 0.25) is 0 Å². The Morgan fingerprint density at radius 3 is 1.12 bits per heavy atom. The number of hydrogen-bond acceptors (Lipinski definition) is 0. The van der Waals surface area contributed by atoms with Crippen molar-refractivity contribution in [1.29, 1.82) is 0 Å². The van der Waals surface area contributed by atoms with Gasteiger partial charge in [0.15, 0.2) is 0 Å². The molecule has 0 N–H and O–H groups in total. The first-order chi connectivity index (χ1) is 23.6. The topological polar surface area (TPSA) is 0 Å². The molecule has 8 rings (SSSR count). The minimum atomic E-state index is 0. The summed E-state index contributed by atoms with van der Waals surface area (Å²) < 4.78 is 0. The third kappa shape index (κ3) is 9.45. The minimum absolute atomic E-state index is 0. The van der Waals surface area contributed by atoms with Gasteiger partial charge >= 0.3 is 30.2 Å². The van der Waals surface area contributed by atoms with Crippen LogP contribution < -0.4 is 0 Å². The molecule has 2 radical (unpaired) electrons. The molecule has 0 heterocycles. The molecule has 0 atom stereocenters. The van der Waals surface area contributed by atoms with E-state index in [1.807, 2.05) is 0 Å². The zero-order valence-electron chi connectivity index (χ0n) is 29.6. The van der Waals surface area contributed by atoms with Crippen LogP contribution in [-0.2, 0) is 36.2 Å². The van der Waals surface area contributed by atoms with Gasteiger partial charge in [0.25, 0.3) is 0 Å². The van der Waals surface area contributed by atoms with Crippen molar-refractivity contribution in [1.82, 2.24) is 0 Å². The molecule has 0 aliphatic carbocycles. The van der Waals surface area contributed by atoms with Gasteiger partial charge in [-0.1, -0.05) is 146 Å². The summed E-state index contributed by atoms with van der Waals surface area (Å²) in [7, 11) is 0. The molecule has 0 bridgehead atoms. The van der Waals surface area contributed by atoms with Crippen LogP contribution in [0.4, 0.5) is 0 Å². The fraction of sp³-hybridized carbons (Fsp3) is 0.0833. The Kier molecular flexibility index (Phi) is 14.3. The summed E-state index contributed by atoms with van der Waals surface area (Å²) in [6.45, 7) is 7.38. The van der Waals surface area contributed by atoms with Crippen LogP contribution in [0, 0.1) is 28.7 Å². The molecule has 0 aliphatic heterocycles. The molecule has 0 saturated heterocycles. The van der Waals surface area contributed by atoms with Crippen molar-refractivity contribution in [3.05, 3.63) is 218 Å².